The highest BCUT2D eigenvalue weighted by Crippen LogP contribution is 2.28. The number of hydrogen-bond donors (Lipinski definition) is 2. The predicted octanol–water partition coefficient (Wildman–Crippen LogP) is 2.71. The van der Waals surface area contributed by atoms with Crippen molar-refractivity contribution in [3.8, 4) is 0 Å². The highest BCUT2D eigenvalue weighted by Gasteiger charge is 2.10. The van der Waals surface area contributed by atoms with Crippen LogP contribution in [0.2, 0.25) is 0 Å². The van der Waals surface area contributed by atoms with Gasteiger partial charge in [-0.05, 0) is 31.3 Å². The van der Waals surface area contributed by atoms with Gasteiger partial charge in [-0.25, -0.2) is 9.37 Å². The number of nitrogens with two attached hydrogens (primary N) is 1. The number of pyridine rings is 1. The minimum absolute atomic E-state index is 0.298. The summed E-state index contributed by atoms with van der Waals surface area (Å²) in [6, 6.07) is 4.70. The molecule has 0 saturated heterocycles. The molecule has 0 atom stereocenters. The second-order valence-corrected chi connectivity index (χ2v) is 4.67. The van der Waals surface area contributed by atoms with E-state index in [1.165, 1.54) is 6.07 Å². The molecule has 0 aliphatic rings. The summed E-state index contributed by atoms with van der Waals surface area (Å²) in [5, 5.41) is 4.37. The van der Waals surface area contributed by atoms with Gasteiger partial charge in [0.2, 0.25) is 0 Å². The second-order valence-electron chi connectivity index (χ2n) is 4.67. The third-order valence-corrected chi connectivity index (χ3v) is 3.52. The van der Waals surface area contributed by atoms with Crippen LogP contribution in [0.5, 0.6) is 0 Å². The van der Waals surface area contributed by atoms with E-state index in [4.69, 9.17) is 5.73 Å². The van der Waals surface area contributed by atoms with Crippen LogP contribution in [-0.4, -0.2) is 36.1 Å². The Bertz CT molecular complexity index is 581. The Labute approximate surface area is 118 Å². The summed E-state index contributed by atoms with van der Waals surface area (Å²) < 4.78 is 14.0. The summed E-state index contributed by atoms with van der Waals surface area (Å²) in [4.78, 5) is 6.53. The fraction of sp³-hybridized carbons (Fsp3) is 0.400. The Morgan fingerprint density at radius 3 is 2.70 bits per heavy atom. The standard InChI is InChI=1S/C15H21FN4/c1-3-20(4-2)10-9-19-15-14-11(7-8-18-15)13(17)6-5-12(14)16/h5-8H,3-4,9-10,17H2,1-2H3,(H,18,19). The van der Waals surface area contributed by atoms with Gasteiger partial charge in [-0.3, -0.25) is 0 Å². The van der Waals surface area contributed by atoms with Crippen molar-refractivity contribution in [2.75, 3.05) is 37.2 Å². The molecule has 0 saturated carbocycles. The van der Waals surface area contributed by atoms with Crippen molar-refractivity contribution >= 4 is 22.3 Å². The van der Waals surface area contributed by atoms with Crippen LogP contribution in [0.4, 0.5) is 15.9 Å². The Balaban J connectivity index is 2.20. The molecule has 0 amide bonds. The molecule has 0 radical (unpaired) electrons. The van der Waals surface area contributed by atoms with Gasteiger partial charge in [0.15, 0.2) is 0 Å². The smallest absolute Gasteiger partial charge is 0.136 e. The number of benzene rings is 1. The third kappa shape index (κ3) is 2.99. The molecular formula is C15H21FN4. The first-order valence-electron chi connectivity index (χ1n) is 6.96. The Morgan fingerprint density at radius 2 is 2.00 bits per heavy atom. The summed E-state index contributed by atoms with van der Waals surface area (Å²) in [5.41, 5.74) is 6.45. The van der Waals surface area contributed by atoms with E-state index in [2.05, 4.69) is 29.0 Å². The second kappa shape index (κ2) is 6.52. The summed E-state index contributed by atoms with van der Waals surface area (Å²) in [7, 11) is 0. The van der Waals surface area contributed by atoms with E-state index in [-0.39, 0.29) is 5.82 Å². The number of hydrogen-bond acceptors (Lipinski definition) is 4. The molecule has 2 rings (SSSR count). The zero-order chi connectivity index (χ0) is 14.5. The number of fused-ring (bicyclic) bond motifs is 1. The number of nitrogen functional groups attached to an aromatic ring is 1. The largest absolute Gasteiger partial charge is 0.398 e. The number of likely N-dealkylation sites (N-methyl/N-ethyl adjacent to an activating group) is 1. The molecule has 108 valence electrons. The van der Waals surface area contributed by atoms with Gasteiger partial charge in [0.25, 0.3) is 0 Å². The summed E-state index contributed by atoms with van der Waals surface area (Å²) >= 11 is 0. The van der Waals surface area contributed by atoms with Gasteiger partial charge in [-0.15, -0.1) is 0 Å². The fourth-order valence-corrected chi connectivity index (χ4v) is 2.29. The van der Waals surface area contributed by atoms with Crippen molar-refractivity contribution in [2.45, 2.75) is 13.8 Å². The maximum absolute atomic E-state index is 14.0. The van der Waals surface area contributed by atoms with E-state index in [0.717, 1.165) is 26.2 Å². The van der Waals surface area contributed by atoms with Gasteiger partial charge >= 0.3 is 0 Å². The quantitative estimate of drug-likeness (QED) is 0.797. The first-order chi connectivity index (χ1) is 9.67. The van der Waals surface area contributed by atoms with Crippen LogP contribution >= 0.6 is 0 Å². The lowest BCUT2D eigenvalue weighted by Crippen LogP contribution is -2.28. The maximum Gasteiger partial charge on any atom is 0.136 e. The minimum Gasteiger partial charge on any atom is -0.398 e. The topological polar surface area (TPSA) is 54.2 Å². The number of aromatic nitrogens is 1. The van der Waals surface area contributed by atoms with Crippen molar-refractivity contribution in [1.82, 2.24) is 9.88 Å². The van der Waals surface area contributed by atoms with Crippen molar-refractivity contribution < 1.29 is 4.39 Å². The number of anilines is 2. The average Bonchev–Trinajstić information content (AvgIpc) is 2.47. The van der Waals surface area contributed by atoms with Crippen molar-refractivity contribution in [2.24, 2.45) is 0 Å². The van der Waals surface area contributed by atoms with Gasteiger partial charge in [-0.1, -0.05) is 13.8 Å². The van der Waals surface area contributed by atoms with Crippen LogP contribution in [0.1, 0.15) is 13.8 Å². The van der Waals surface area contributed by atoms with Crippen molar-refractivity contribution in [3.63, 3.8) is 0 Å². The zero-order valence-electron chi connectivity index (χ0n) is 12.0. The number of nitrogens with one attached hydrogen (secondary N) is 1. The Kier molecular flexibility index (Phi) is 4.74. The summed E-state index contributed by atoms with van der Waals surface area (Å²) in [6.45, 7) is 7.88. The molecule has 3 N–H and O–H groups in total. The van der Waals surface area contributed by atoms with E-state index in [1.807, 2.05) is 0 Å². The molecule has 2 aromatic rings. The lowest BCUT2D eigenvalue weighted by molar-refractivity contribution is 0.316. The Morgan fingerprint density at radius 1 is 1.25 bits per heavy atom. The molecule has 0 fully saturated rings. The highest BCUT2D eigenvalue weighted by molar-refractivity contribution is 5.99. The zero-order valence-corrected chi connectivity index (χ0v) is 12.0. The third-order valence-electron chi connectivity index (χ3n) is 3.52. The van der Waals surface area contributed by atoms with Gasteiger partial charge in [0, 0.05) is 30.4 Å². The van der Waals surface area contributed by atoms with Crippen molar-refractivity contribution in [1.29, 1.82) is 0 Å². The normalized spacial score (nSPS) is 11.2. The fourth-order valence-electron chi connectivity index (χ4n) is 2.29. The van der Waals surface area contributed by atoms with Gasteiger partial charge in [-0.2, -0.15) is 0 Å². The molecule has 20 heavy (non-hydrogen) atoms. The molecule has 0 aliphatic heterocycles. The van der Waals surface area contributed by atoms with Crippen LogP contribution in [0.3, 0.4) is 0 Å². The van der Waals surface area contributed by atoms with E-state index in [9.17, 15) is 4.39 Å². The molecule has 0 spiro atoms. The molecule has 4 nitrogen and oxygen atoms in total. The molecule has 1 heterocycles. The molecule has 0 aliphatic carbocycles. The molecule has 1 aromatic heterocycles. The first-order valence-corrected chi connectivity index (χ1v) is 6.96. The summed E-state index contributed by atoms with van der Waals surface area (Å²) in [6.07, 6.45) is 1.65. The number of nitrogens with zero attached hydrogens (tertiary/aromatic N) is 2. The first kappa shape index (κ1) is 14.5. The predicted molar refractivity (Wildman–Crippen MR) is 82.4 cm³/mol. The van der Waals surface area contributed by atoms with Crippen LogP contribution in [-0.2, 0) is 0 Å². The van der Waals surface area contributed by atoms with Crippen LogP contribution < -0.4 is 11.1 Å². The Hall–Kier alpha value is -1.88. The number of halogens is 1. The SMILES string of the molecule is CCN(CC)CCNc1nccc2c(N)ccc(F)c12. The summed E-state index contributed by atoms with van der Waals surface area (Å²) in [5.74, 6) is 0.257. The van der Waals surface area contributed by atoms with Crippen molar-refractivity contribution in [3.05, 3.63) is 30.2 Å². The molecule has 0 unspecified atom stereocenters. The van der Waals surface area contributed by atoms with Crippen LogP contribution in [0, 0.1) is 5.82 Å². The number of rotatable bonds is 6. The highest BCUT2D eigenvalue weighted by atomic mass is 19.1. The monoisotopic (exact) mass is 276 g/mol. The maximum atomic E-state index is 14.0. The van der Waals surface area contributed by atoms with E-state index in [1.54, 1.807) is 18.3 Å². The van der Waals surface area contributed by atoms with E-state index in [0.29, 0.717) is 22.3 Å². The molecule has 1 aromatic carbocycles. The van der Waals surface area contributed by atoms with E-state index >= 15 is 0 Å². The van der Waals surface area contributed by atoms with Crippen LogP contribution in [0.15, 0.2) is 24.4 Å². The molecular weight excluding hydrogens is 255 g/mol. The lowest BCUT2D eigenvalue weighted by atomic mass is 10.1. The van der Waals surface area contributed by atoms with Gasteiger partial charge in [0.1, 0.15) is 11.6 Å². The van der Waals surface area contributed by atoms with Gasteiger partial charge < -0.3 is 16.0 Å². The molecule has 5 heteroatoms. The lowest BCUT2D eigenvalue weighted by Gasteiger charge is -2.18. The molecule has 0 bridgehead atoms. The van der Waals surface area contributed by atoms with Crippen LogP contribution in [0.25, 0.3) is 10.8 Å². The van der Waals surface area contributed by atoms with Gasteiger partial charge in [0.05, 0.1) is 5.39 Å². The minimum atomic E-state index is -0.298. The van der Waals surface area contributed by atoms with E-state index < -0.39 is 0 Å². The average molecular weight is 276 g/mol.